The fourth-order valence-corrected chi connectivity index (χ4v) is 4.33. The lowest BCUT2D eigenvalue weighted by atomic mass is 9.78. The van der Waals surface area contributed by atoms with Crippen LogP contribution in [0.3, 0.4) is 0 Å². The Morgan fingerprint density at radius 2 is 1.95 bits per heavy atom. The molecule has 0 amide bonds. The van der Waals surface area contributed by atoms with E-state index in [0.29, 0.717) is 6.42 Å². The summed E-state index contributed by atoms with van der Waals surface area (Å²) < 4.78 is 0. The second-order valence-electron chi connectivity index (χ2n) is 7.29. The first-order valence-corrected chi connectivity index (χ1v) is 8.43. The summed E-state index contributed by atoms with van der Waals surface area (Å²) in [5, 5.41) is 9.15. The van der Waals surface area contributed by atoms with Gasteiger partial charge in [0, 0.05) is 9.75 Å². The molecule has 1 heterocycles. The van der Waals surface area contributed by atoms with E-state index in [2.05, 4.69) is 32.9 Å². The van der Waals surface area contributed by atoms with Crippen molar-refractivity contribution in [3.05, 3.63) is 21.9 Å². The zero-order valence-electron chi connectivity index (χ0n) is 12.9. The number of hydrogen-bond acceptors (Lipinski definition) is 2. The van der Waals surface area contributed by atoms with Crippen molar-refractivity contribution in [2.45, 2.75) is 71.1 Å². The minimum atomic E-state index is -0.631. The first-order chi connectivity index (χ1) is 9.31. The van der Waals surface area contributed by atoms with E-state index in [-0.39, 0.29) is 10.8 Å². The second kappa shape index (κ2) is 5.88. The molecule has 0 radical (unpaired) electrons. The molecule has 3 heteroatoms. The van der Waals surface area contributed by atoms with Gasteiger partial charge in [0.15, 0.2) is 0 Å². The smallest absolute Gasteiger partial charge is 0.303 e. The molecule has 20 heavy (non-hydrogen) atoms. The van der Waals surface area contributed by atoms with Gasteiger partial charge in [0.05, 0.1) is 6.42 Å². The molecule has 1 aromatic heterocycles. The van der Waals surface area contributed by atoms with E-state index in [9.17, 15) is 4.79 Å². The van der Waals surface area contributed by atoms with Gasteiger partial charge in [-0.1, -0.05) is 33.6 Å². The number of hydrogen-bond donors (Lipinski definition) is 1. The summed E-state index contributed by atoms with van der Waals surface area (Å²) in [4.78, 5) is 13.9. The zero-order chi connectivity index (χ0) is 14.8. The van der Waals surface area contributed by atoms with Gasteiger partial charge in [-0.3, -0.25) is 4.79 Å². The van der Waals surface area contributed by atoms with E-state index >= 15 is 0 Å². The third-order valence-corrected chi connectivity index (χ3v) is 6.06. The molecule has 0 aliphatic heterocycles. The van der Waals surface area contributed by atoms with Gasteiger partial charge < -0.3 is 5.11 Å². The number of carboxylic acid groups (broad SMARTS) is 1. The van der Waals surface area contributed by atoms with Crippen molar-refractivity contribution in [3.63, 3.8) is 0 Å². The first kappa shape index (κ1) is 15.6. The predicted molar refractivity (Wildman–Crippen MR) is 84.5 cm³/mol. The Kier molecular flexibility index (Phi) is 4.58. The van der Waals surface area contributed by atoms with E-state index in [0.717, 1.165) is 25.7 Å². The number of carboxylic acids is 1. The predicted octanol–water partition coefficient (Wildman–Crippen LogP) is 5.01. The van der Waals surface area contributed by atoms with Crippen LogP contribution in [0.1, 0.15) is 69.1 Å². The molecule has 1 aliphatic rings. The molecule has 0 atom stereocenters. The van der Waals surface area contributed by atoms with Crippen LogP contribution >= 0.6 is 11.3 Å². The molecule has 1 aliphatic carbocycles. The third kappa shape index (κ3) is 3.85. The standard InChI is InChI=1S/C17H26O2S/c1-16(2,3)14-7-6-13(20-14)8-11-17(12-15(18)19)9-4-5-10-17/h6-7H,4-5,8-12H2,1-3H3,(H,18,19). The van der Waals surface area contributed by atoms with Crippen LogP contribution < -0.4 is 0 Å². The highest BCUT2D eigenvalue weighted by Gasteiger charge is 2.35. The van der Waals surface area contributed by atoms with Gasteiger partial charge in [0.2, 0.25) is 0 Å². The van der Waals surface area contributed by atoms with Crippen LogP contribution in [0.15, 0.2) is 12.1 Å². The van der Waals surface area contributed by atoms with E-state index in [4.69, 9.17) is 5.11 Å². The molecule has 1 aromatic rings. The molecule has 0 spiro atoms. The molecular weight excluding hydrogens is 268 g/mol. The number of carbonyl (C=O) groups is 1. The summed E-state index contributed by atoms with van der Waals surface area (Å²) in [5.41, 5.74) is 0.284. The maximum absolute atomic E-state index is 11.1. The van der Waals surface area contributed by atoms with Crippen LogP contribution in [0.2, 0.25) is 0 Å². The lowest BCUT2D eigenvalue weighted by molar-refractivity contribution is -0.139. The van der Waals surface area contributed by atoms with Gasteiger partial charge in [-0.2, -0.15) is 0 Å². The van der Waals surface area contributed by atoms with Crippen molar-refractivity contribution in [1.82, 2.24) is 0 Å². The monoisotopic (exact) mass is 294 g/mol. The summed E-state index contributed by atoms with van der Waals surface area (Å²) in [7, 11) is 0. The van der Waals surface area contributed by atoms with E-state index in [1.165, 1.54) is 22.6 Å². The Balaban J connectivity index is 1.99. The summed E-state index contributed by atoms with van der Waals surface area (Å²) >= 11 is 1.89. The topological polar surface area (TPSA) is 37.3 Å². The maximum Gasteiger partial charge on any atom is 0.303 e. The van der Waals surface area contributed by atoms with Gasteiger partial charge in [-0.15, -0.1) is 11.3 Å². The fourth-order valence-electron chi connectivity index (χ4n) is 3.26. The van der Waals surface area contributed by atoms with Crippen molar-refractivity contribution in [3.8, 4) is 0 Å². The molecule has 2 nitrogen and oxygen atoms in total. The Morgan fingerprint density at radius 3 is 2.45 bits per heavy atom. The first-order valence-electron chi connectivity index (χ1n) is 7.62. The number of rotatable bonds is 5. The highest BCUT2D eigenvalue weighted by Crippen LogP contribution is 2.45. The van der Waals surface area contributed by atoms with Gasteiger partial charge in [-0.25, -0.2) is 0 Å². The highest BCUT2D eigenvalue weighted by atomic mass is 32.1. The highest BCUT2D eigenvalue weighted by molar-refractivity contribution is 7.12. The molecule has 112 valence electrons. The molecule has 0 bridgehead atoms. The van der Waals surface area contributed by atoms with Gasteiger partial charge in [0.1, 0.15) is 0 Å². The molecule has 1 saturated carbocycles. The Hall–Kier alpha value is -0.830. The zero-order valence-corrected chi connectivity index (χ0v) is 13.7. The van der Waals surface area contributed by atoms with Gasteiger partial charge in [-0.05, 0) is 48.6 Å². The van der Waals surface area contributed by atoms with E-state index in [1.807, 2.05) is 11.3 Å². The van der Waals surface area contributed by atoms with Crippen LogP contribution in [0.5, 0.6) is 0 Å². The lowest BCUT2D eigenvalue weighted by Gasteiger charge is -2.26. The van der Waals surface area contributed by atoms with Crippen molar-refractivity contribution < 1.29 is 9.90 Å². The van der Waals surface area contributed by atoms with E-state index < -0.39 is 5.97 Å². The van der Waals surface area contributed by atoms with Gasteiger partial charge in [0.25, 0.3) is 0 Å². The summed E-state index contributed by atoms with van der Waals surface area (Å²) in [6.07, 6.45) is 7.01. The van der Waals surface area contributed by atoms with Crippen LogP contribution in [0.25, 0.3) is 0 Å². The van der Waals surface area contributed by atoms with Crippen molar-refractivity contribution in [1.29, 1.82) is 0 Å². The molecule has 1 fully saturated rings. The number of aryl methyl sites for hydroxylation is 1. The molecule has 1 N–H and O–H groups in total. The Bertz CT molecular complexity index is 462. The summed E-state index contributed by atoms with van der Waals surface area (Å²) in [6.45, 7) is 6.72. The summed E-state index contributed by atoms with van der Waals surface area (Å²) in [5.74, 6) is -0.631. The molecule has 0 unspecified atom stereocenters. The van der Waals surface area contributed by atoms with Crippen LogP contribution in [0.4, 0.5) is 0 Å². The number of thiophene rings is 1. The average molecular weight is 294 g/mol. The average Bonchev–Trinajstić information content (AvgIpc) is 2.93. The Morgan fingerprint density at radius 1 is 1.30 bits per heavy atom. The van der Waals surface area contributed by atoms with Crippen LogP contribution in [-0.2, 0) is 16.6 Å². The maximum atomic E-state index is 11.1. The third-order valence-electron chi connectivity index (χ3n) is 4.49. The number of aliphatic carboxylic acids is 1. The molecule has 0 aromatic carbocycles. The lowest BCUT2D eigenvalue weighted by Crippen LogP contribution is -2.21. The molecular formula is C17H26O2S. The summed E-state index contributed by atoms with van der Waals surface area (Å²) in [6, 6.07) is 4.47. The van der Waals surface area contributed by atoms with Crippen molar-refractivity contribution in [2.75, 3.05) is 0 Å². The minimum Gasteiger partial charge on any atom is -0.481 e. The van der Waals surface area contributed by atoms with Gasteiger partial charge >= 0.3 is 5.97 Å². The van der Waals surface area contributed by atoms with Crippen LogP contribution in [0, 0.1) is 5.41 Å². The SMILES string of the molecule is CC(C)(C)c1ccc(CCC2(CC(=O)O)CCCC2)s1. The normalized spacial score (nSPS) is 18.4. The minimum absolute atomic E-state index is 0.0672. The molecule has 0 saturated heterocycles. The van der Waals surface area contributed by atoms with Crippen molar-refractivity contribution >= 4 is 17.3 Å². The quantitative estimate of drug-likeness (QED) is 0.828. The largest absolute Gasteiger partial charge is 0.481 e. The second-order valence-corrected chi connectivity index (χ2v) is 8.46. The fraction of sp³-hybridized carbons (Fsp3) is 0.706. The molecule has 2 rings (SSSR count). The van der Waals surface area contributed by atoms with E-state index in [1.54, 1.807) is 0 Å². The van der Waals surface area contributed by atoms with Crippen molar-refractivity contribution in [2.24, 2.45) is 5.41 Å². The van der Waals surface area contributed by atoms with Crippen LogP contribution in [-0.4, -0.2) is 11.1 Å². The Labute approximate surface area is 126 Å².